The molecular formula is C20H29BrIN5O. The second kappa shape index (κ2) is 11.1. The third kappa shape index (κ3) is 6.17. The summed E-state index contributed by atoms with van der Waals surface area (Å²) >= 11 is 3.54. The molecule has 1 aliphatic rings. The SMILES string of the molecule is CCNC(=NCC1(c2ccc(Br)cc2)CCCC1)NCCc1nc(C)no1.I. The molecule has 154 valence electrons. The van der Waals surface area contributed by atoms with Gasteiger partial charge in [-0.2, -0.15) is 4.98 Å². The van der Waals surface area contributed by atoms with E-state index in [9.17, 15) is 0 Å². The molecule has 0 bridgehead atoms. The molecule has 28 heavy (non-hydrogen) atoms. The number of aryl methyl sites for hydroxylation is 1. The van der Waals surface area contributed by atoms with Crippen LogP contribution in [0.15, 0.2) is 38.3 Å². The van der Waals surface area contributed by atoms with Gasteiger partial charge in [0.15, 0.2) is 11.8 Å². The lowest BCUT2D eigenvalue weighted by atomic mass is 9.79. The normalized spacial score (nSPS) is 15.9. The van der Waals surface area contributed by atoms with Crippen LogP contribution in [-0.4, -0.2) is 35.7 Å². The van der Waals surface area contributed by atoms with Gasteiger partial charge in [-0.3, -0.25) is 4.99 Å². The van der Waals surface area contributed by atoms with Gasteiger partial charge in [0.25, 0.3) is 0 Å². The number of aromatic nitrogens is 2. The quantitative estimate of drug-likeness (QED) is 0.298. The smallest absolute Gasteiger partial charge is 0.228 e. The molecule has 6 nitrogen and oxygen atoms in total. The molecule has 1 heterocycles. The first-order valence-electron chi connectivity index (χ1n) is 9.69. The zero-order valence-electron chi connectivity index (χ0n) is 16.5. The lowest BCUT2D eigenvalue weighted by Gasteiger charge is -2.28. The molecule has 0 saturated heterocycles. The Bertz CT molecular complexity index is 756. The van der Waals surface area contributed by atoms with E-state index in [1.54, 1.807) is 0 Å². The Morgan fingerprint density at radius 3 is 2.54 bits per heavy atom. The van der Waals surface area contributed by atoms with Crippen molar-refractivity contribution in [2.45, 2.75) is 51.4 Å². The highest BCUT2D eigenvalue weighted by Gasteiger charge is 2.35. The number of halogens is 2. The van der Waals surface area contributed by atoms with Gasteiger partial charge in [0.05, 0.1) is 6.54 Å². The summed E-state index contributed by atoms with van der Waals surface area (Å²) in [4.78, 5) is 9.16. The van der Waals surface area contributed by atoms with Crippen LogP contribution in [-0.2, 0) is 11.8 Å². The van der Waals surface area contributed by atoms with E-state index in [4.69, 9.17) is 9.52 Å². The fourth-order valence-electron chi connectivity index (χ4n) is 3.69. The molecule has 1 fully saturated rings. The Kier molecular flexibility index (Phi) is 9.20. The molecule has 0 atom stereocenters. The Hall–Kier alpha value is -1.16. The van der Waals surface area contributed by atoms with Gasteiger partial charge in [-0.05, 0) is 44.4 Å². The van der Waals surface area contributed by atoms with E-state index in [1.807, 2.05) is 6.92 Å². The van der Waals surface area contributed by atoms with Crippen LogP contribution >= 0.6 is 39.9 Å². The van der Waals surface area contributed by atoms with Gasteiger partial charge in [0, 0.05) is 29.4 Å². The van der Waals surface area contributed by atoms with E-state index in [0.717, 1.165) is 23.5 Å². The molecule has 1 aromatic carbocycles. The predicted molar refractivity (Wildman–Crippen MR) is 126 cm³/mol. The molecule has 8 heteroatoms. The average Bonchev–Trinajstić information content (AvgIpc) is 3.30. The van der Waals surface area contributed by atoms with E-state index >= 15 is 0 Å². The number of nitrogens with one attached hydrogen (secondary N) is 2. The fraction of sp³-hybridized carbons (Fsp3) is 0.550. The lowest BCUT2D eigenvalue weighted by molar-refractivity contribution is 0.374. The van der Waals surface area contributed by atoms with Crippen molar-refractivity contribution in [3.63, 3.8) is 0 Å². The zero-order chi connectivity index (χ0) is 19.1. The predicted octanol–water partition coefficient (Wildman–Crippen LogP) is 4.37. The summed E-state index contributed by atoms with van der Waals surface area (Å²) in [7, 11) is 0. The Balaban J connectivity index is 0.00000280. The number of guanidine groups is 1. The van der Waals surface area contributed by atoms with Crippen LogP contribution < -0.4 is 10.6 Å². The van der Waals surface area contributed by atoms with E-state index < -0.39 is 0 Å². The fourth-order valence-corrected chi connectivity index (χ4v) is 3.96. The van der Waals surface area contributed by atoms with E-state index in [-0.39, 0.29) is 29.4 Å². The van der Waals surface area contributed by atoms with Crippen molar-refractivity contribution in [3.05, 3.63) is 46.0 Å². The minimum Gasteiger partial charge on any atom is -0.357 e. The minimum atomic E-state index is 0. The molecule has 1 saturated carbocycles. The van der Waals surface area contributed by atoms with Crippen LogP contribution in [0, 0.1) is 6.92 Å². The van der Waals surface area contributed by atoms with Crippen molar-refractivity contribution in [1.82, 2.24) is 20.8 Å². The monoisotopic (exact) mass is 561 g/mol. The third-order valence-electron chi connectivity index (χ3n) is 5.10. The molecule has 2 N–H and O–H groups in total. The van der Waals surface area contributed by atoms with Crippen LogP contribution in [0.2, 0.25) is 0 Å². The molecule has 1 aromatic heterocycles. The Morgan fingerprint density at radius 2 is 1.93 bits per heavy atom. The molecule has 0 aliphatic heterocycles. The zero-order valence-corrected chi connectivity index (χ0v) is 20.4. The molecule has 2 aromatic rings. The van der Waals surface area contributed by atoms with Crippen molar-refractivity contribution in [3.8, 4) is 0 Å². The van der Waals surface area contributed by atoms with Gasteiger partial charge in [-0.15, -0.1) is 24.0 Å². The highest BCUT2D eigenvalue weighted by Crippen LogP contribution is 2.41. The maximum absolute atomic E-state index is 5.17. The lowest BCUT2D eigenvalue weighted by Crippen LogP contribution is -2.39. The summed E-state index contributed by atoms with van der Waals surface area (Å²) in [5.74, 6) is 2.17. The number of aliphatic imine (C=N–C) groups is 1. The van der Waals surface area contributed by atoms with Crippen LogP contribution in [0.4, 0.5) is 0 Å². The molecule has 1 aliphatic carbocycles. The first-order valence-corrected chi connectivity index (χ1v) is 10.5. The summed E-state index contributed by atoms with van der Waals surface area (Å²) in [6, 6.07) is 8.75. The number of rotatable bonds is 7. The summed E-state index contributed by atoms with van der Waals surface area (Å²) in [5, 5.41) is 10.5. The Morgan fingerprint density at radius 1 is 1.21 bits per heavy atom. The number of hydrogen-bond donors (Lipinski definition) is 2. The van der Waals surface area contributed by atoms with Crippen molar-refractivity contribution in [1.29, 1.82) is 0 Å². The summed E-state index contributed by atoms with van der Waals surface area (Å²) < 4.78 is 6.29. The third-order valence-corrected chi connectivity index (χ3v) is 5.63. The second-order valence-electron chi connectivity index (χ2n) is 7.10. The second-order valence-corrected chi connectivity index (χ2v) is 8.02. The van der Waals surface area contributed by atoms with Crippen molar-refractivity contribution in [2.75, 3.05) is 19.6 Å². The van der Waals surface area contributed by atoms with Crippen LogP contribution in [0.25, 0.3) is 0 Å². The first kappa shape index (κ1) is 23.1. The van der Waals surface area contributed by atoms with E-state index in [1.165, 1.54) is 31.2 Å². The van der Waals surface area contributed by atoms with Crippen molar-refractivity contribution in [2.24, 2.45) is 4.99 Å². The minimum absolute atomic E-state index is 0. The highest BCUT2D eigenvalue weighted by molar-refractivity contribution is 14.0. The Labute approximate surface area is 192 Å². The van der Waals surface area contributed by atoms with Gasteiger partial charge >= 0.3 is 0 Å². The summed E-state index contributed by atoms with van der Waals surface area (Å²) in [5.41, 5.74) is 1.54. The topological polar surface area (TPSA) is 75.3 Å². The largest absolute Gasteiger partial charge is 0.357 e. The average molecular weight is 562 g/mol. The standard InChI is InChI=1S/C20H28BrN5O.HI/c1-3-22-19(23-13-10-18-25-15(2)26-27-18)24-14-20(11-4-5-12-20)16-6-8-17(21)9-7-16;/h6-9H,3-5,10-14H2,1-2H3,(H2,22,23,24);1H. The van der Waals surface area contributed by atoms with E-state index in [2.05, 4.69) is 67.9 Å². The number of nitrogens with zero attached hydrogens (tertiary/aromatic N) is 3. The maximum Gasteiger partial charge on any atom is 0.228 e. The van der Waals surface area contributed by atoms with Gasteiger partial charge < -0.3 is 15.2 Å². The molecular weight excluding hydrogens is 533 g/mol. The van der Waals surface area contributed by atoms with Crippen molar-refractivity contribution < 1.29 is 4.52 Å². The van der Waals surface area contributed by atoms with Gasteiger partial charge in [-0.25, -0.2) is 0 Å². The van der Waals surface area contributed by atoms with Gasteiger partial charge in [-0.1, -0.05) is 46.1 Å². The van der Waals surface area contributed by atoms with Gasteiger partial charge in [0.1, 0.15) is 0 Å². The number of benzene rings is 1. The molecule has 0 unspecified atom stereocenters. The van der Waals surface area contributed by atoms with Gasteiger partial charge in [0.2, 0.25) is 5.89 Å². The number of hydrogen-bond acceptors (Lipinski definition) is 4. The summed E-state index contributed by atoms with van der Waals surface area (Å²) in [6.07, 6.45) is 5.61. The van der Waals surface area contributed by atoms with Crippen LogP contribution in [0.5, 0.6) is 0 Å². The maximum atomic E-state index is 5.17. The van der Waals surface area contributed by atoms with Crippen LogP contribution in [0.3, 0.4) is 0 Å². The molecule has 3 rings (SSSR count). The van der Waals surface area contributed by atoms with Crippen molar-refractivity contribution >= 4 is 45.9 Å². The summed E-state index contributed by atoms with van der Waals surface area (Å²) in [6.45, 7) is 6.24. The molecule has 0 radical (unpaired) electrons. The van der Waals surface area contributed by atoms with Crippen LogP contribution in [0.1, 0.15) is 49.9 Å². The highest BCUT2D eigenvalue weighted by atomic mass is 127. The first-order chi connectivity index (χ1) is 13.1. The van der Waals surface area contributed by atoms with E-state index in [0.29, 0.717) is 24.7 Å². The molecule has 0 spiro atoms. The molecule has 0 amide bonds.